The first-order valence-corrected chi connectivity index (χ1v) is 10.9. The van der Waals surface area contributed by atoms with Crippen molar-refractivity contribution in [3.05, 3.63) is 34.9 Å². The Hall–Kier alpha value is -1.88. The highest BCUT2D eigenvalue weighted by molar-refractivity contribution is 5.94. The molecule has 152 valence electrons. The zero-order valence-corrected chi connectivity index (χ0v) is 17.2. The lowest BCUT2D eigenvalue weighted by atomic mass is 9.90. The molecule has 4 rings (SSSR count). The minimum atomic E-state index is 0.0325. The average molecular weight is 385 g/mol. The van der Waals surface area contributed by atoms with Crippen molar-refractivity contribution >= 4 is 11.8 Å². The molecule has 0 radical (unpaired) electrons. The third-order valence-corrected chi connectivity index (χ3v) is 6.46. The van der Waals surface area contributed by atoms with Crippen LogP contribution in [0.15, 0.2) is 18.2 Å². The smallest absolute Gasteiger partial charge is 0.253 e. The summed E-state index contributed by atoms with van der Waals surface area (Å²) in [5.41, 5.74) is 3.56. The molecule has 2 amide bonds. The fourth-order valence-electron chi connectivity index (χ4n) is 4.99. The van der Waals surface area contributed by atoms with Gasteiger partial charge in [-0.25, -0.2) is 0 Å². The Morgan fingerprint density at radius 2 is 1.57 bits per heavy atom. The molecule has 5 heteroatoms. The first kappa shape index (κ1) is 19.4. The lowest BCUT2D eigenvalue weighted by Crippen LogP contribution is -2.51. The summed E-state index contributed by atoms with van der Waals surface area (Å²) in [7, 11) is 0. The minimum Gasteiger partial charge on any atom is -0.372 e. The van der Waals surface area contributed by atoms with Crippen LogP contribution in [0, 0.1) is 5.92 Å². The maximum absolute atomic E-state index is 13.0. The Morgan fingerprint density at radius 3 is 2.25 bits per heavy atom. The monoisotopic (exact) mass is 384 g/mol. The number of carbonyl (C=O) groups excluding carboxylic acids is 2. The summed E-state index contributed by atoms with van der Waals surface area (Å²) in [4.78, 5) is 29.8. The maximum atomic E-state index is 13.0. The van der Waals surface area contributed by atoms with E-state index in [2.05, 4.69) is 12.1 Å². The fourth-order valence-corrected chi connectivity index (χ4v) is 4.99. The standard InChI is InChI=1S/C23H32N2O3/c1-16-14-25(15-17(2)28-16)22(26)19-9-11-24(12-10-19)23(27)21-8-7-18-5-3-4-6-20(18)13-21/h7-8,13,16-17,19H,3-6,9-12,14-15H2,1-2H3/t16-,17-/m1/s1. The molecule has 5 nitrogen and oxygen atoms in total. The van der Waals surface area contributed by atoms with Crippen LogP contribution in [0.5, 0.6) is 0 Å². The van der Waals surface area contributed by atoms with Gasteiger partial charge in [-0.15, -0.1) is 0 Å². The number of likely N-dealkylation sites (tertiary alicyclic amines) is 1. The molecule has 2 saturated heterocycles. The summed E-state index contributed by atoms with van der Waals surface area (Å²) in [6, 6.07) is 6.23. The second kappa shape index (κ2) is 8.24. The summed E-state index contributed by atoms with van der Waals surface area (Å²) < 4.78 is 5.74. The number of rotatable bonds is 2. The number of amides is 2. The number of ether oxygens (including phenoxy) is 1. The molecule has 1 aliphatic carbocycles. The number of nitrogens with zero attached hydrogens (tertiary/aromatic N) is 2. The molecule has 3 aliphatic rings. The van der Waals surface area contributed by atoms with Gasteiger partial charge in [0.05, 0.1) is 12.2 Å². The van der Waals surface area contributed by atoms with Crippen LogP contribution in [0.3, 0.4) is 0 Å². The van der Waals surface area contributed by atoms with E-state index in [0.29, 0.717) is 26.2 Å². The topological polar surface area (TPSA) is 49.9 Å². The van der Waals surface area contributed by atoms with E-state index < -0.39 is 0 Å². The number of hydrogen-bond acceptors (Lipinski definition) is 3. The van der Waals surface area contributed by atoms with Gasteiger partial charge in [0, 0.05) is 37.7 Å². The van der Waals surface area contributed by atoms with Gasteiger partial charge in [0.1, 0.15) is 0 Å². The first-order chi connectivity index (χ1) is 13.5. The molecular weight excluding hydrogens is 352 g/mol. The van der Waals surface area contributed by atoms with Gasteiger partial charge in [-0.1, -0.05) is 6.07 Å². The second-order valence-corrected chi connectivity index (χ2v) is 8.76. The summed E-state index contributed by atoms with van der Waals surface area (Å²) >= 11 is 0. The van der Waals surface area contributed by atoms with Gasteiger partial charge < -0.3 is 14.5 Å². The fraction of sp³-hybridized carbons (Fsp3) is 0.652. The molecule has 0 N–H and O–H groups in total. The van der Waals surface area contributed by atoms with Crippen LogP contribution < -0.4 is 0 Å². The second-order valence-electron chi connectivity index (χ2n) is 8.76. The van der Waals surface area contributed by atoms with Gasteiger partial charge in [0.25, 0.3) is 5.91 Å². The lowest BCUT2D eigenvalue weighted by Gasteiger charge is -2.39. The van der Waals surface area contributed by atoms with E-state index in [9.17, 15) is 9.59 Å². The van der Waals surface area contributed by atoms with Gasteiger partial charge in [-0.05, 0) is 75.6 Å². The van der Waals surface area contributed by atoms with E-state index in [-0.39, 0.29) is 29.9 Å². The van der Waals surface area contributed by atoms with Crippen molar-refractivity contribution < 1.29 is 14.3 Å². The highest BCUT2D eigenvalue weighted by Crippen LogP contribution is 2.26. The van der Waals surface area contributed by atoms with Crippen LogP contribution in [0.1, 0.15) is 61.0 Å². The number of fused-ring (bicyclic) bond motifs is 1. The molecule has 0 aromatic heterocycles. The van der Waals surface area contributed by atoms with E-state index >= 15 is 0 Å². The van der Waals surface area contributed by atoms with Crippen molar-refractivity contribution in [2.45, 2.75) is 64.6 Å². The lowest BCUT2D eigenvalue weighted by molar-refractivity contribution is -0.148. The molecular formula is C23H32N2O3. The van der Waals surface area contributed by atoms with E-state index in [1.807, 2.05) is 29.7 Å². The Kier molecular flexibility index (Phi) is 5.72. The van der Waals surface area contributed by atoms with Gasteiger partial charge in [-0.3, -0.25) is 9.59 Å². The maximum Gasteiger partial charge on any atom is 0.253 e. The van der Waals surface area contributed by atoms with Crippen LogP contribution in [-0.4, -0.2) is 60.0 Å². The summed E-state index contributed by atoms with van der Waals surface area (Å²) in [5.74, 6) is 0.390. The number of hydrogen-bond donors (Lipinski definition) is 0. The van der Waals surface area contributed by atoms with Crippen LogP contribution in [0.25, 0.3) is 0 Å². The van der Waals surface area contributed by atoms with E-state index in [1.54, 1.807) is 0 Å². The van der Waals surface area contributed by atoms with E-state index in [4.69, 9.17) is 4.74 Å². The quantitative estimate of drug-likeness (QED) is 0.787. The number of carbonyl (C=O) groups is 2. The molecule has 28 heavy (non-hydrogen) atoms. The molecule has 1 aromatic rings. The average Bonchev–Trinajstić information content (AvgIpc) is 2.72. The van der Waals surface area contributed by atoms with E-state index in [1.165, 1.54) is 24.0 Å². The van der Waals surface area contributed by atoms with Crippen LogP contribution >= 0.6 is 0 Å². The van der Waals surface area contributed by atoms with Crippen LogP contribution in [0.2, 0.25) is 0 Å². The predicted molar refractivity (Wildman–Crippen MR) is 108 cm³/mol. The van der Waals surface area contributed by atoms with Crippen LogP contribution in [0.4, 0.5) is 0 Å². The van der Waals surface area contributed by atoms with E-state index in [0.717, 1.165) is 31.2 Å². The van der Waals surface area contributed by atoms with Gasteiger partial charge >= 0.3 is 0 Å². The SMILES string of the molecule is C[C@@H]1CN(C(=O)C2CCN(C(=O)c3ccc4c(c3)CCCC4)CC2)C[C@@H](C)O1. The predicted octanol–water partition coefficient (Wildman–Crippen LogP) is 3.05. The number of morpholine rings is 1. The highest BCUT2D eigenvalue weighted by Gasteiger charge is 2.33. The summed E-state index contributed by atoms with van der Waals surface area (Å²) in [5, 5.41) is 0. The zero-order valence-electron chi connectivity index (χ0n) is 17.2. The van der Waals surface area contributed by atoms with Crippen molar-refractivity contribution in [2.75, 3.05) is 26.2 Å². The number of benzene rings is 1. The normalized spacial score (nSPS) is 26.1. The minimum absolute atomic E-state index is 0.0325. The molecule has 0 saturated carbocycles. The Bertz CT molecular complexity index is 729. The summed E-state index contributed by atoms with van der Waals surface area (Å²) in [6.45, 7) is 6.74. The van der Waals surface area contributed by atoms with Crippen molar-refractivity contribution in [3.63, 3.8) is 0 Å². The number of aryl methyl sites for hydroxylation is 2. The van der Waals surface area contributed by atoms with Crippen molar-refractivity contribution in [3.8, 4) is 0 Å². The van der Waals surface area contributed by atoms with Crippen molar-refractivity contribution in [1.29, 1.82) is 0 Å². The zero-order chi connectivity index (χ0) is 19.7. The highest BCUT2D eigenvalue weighted by atomic mass is 16.5. The van der Waals surface area contributed by atoms with Gasteiger partial charge in [-0.2, -0.15) is 0 Å². The Morgan fingerprint density at radius 1 is 0.929 bits per heavy atom. The molecule has 2 atom stereocenters. The molecule has 0 unspecified atom stereocenters. The van der Waals surface area contributed by atoms with Gasteiger partial charge in [0.2, 0.25) is 5.91 Å². The van der Waals surface area contributed by atoms with Crippen molar-refractivity contribution in [2.24, 2.45) is 5.92 Å². The Balaban J connectivity index is 1.35. The molecule has 0 bridgehead atoms. The molecule has 2 fully saturated rings. The third kappa shape index (κ3) is 4.09. The van der Waals surface area contributed by atoms with Crippen LogP contribution in [-0.2, 0) is 22.4 Å². The molecule has 2 aliphatic heterocycles. The Labute approximate surface area is 168 Å². The van der Waals surface area contributed by atoms with Gasteiger partial charge in [0.15, 0.2) is 0 Å². The number of piperidine rings is 1. The van der Waals surface area contributed by atoms with Crippen molar-refractivity contribution in [1.82, 2.24) is 9.80 Å². The molecule has 0 spiro atoms. The molecule has 1 aromatic carbocycles. The summed E-state index contributed by atoms with van der Waals surface area (Å²) in [6.07, 6.45) is 6.40. The third-order valence-electron chi connectivity index (χ3n) is 6.46. The first-order valence-electron chi connectivity index (χ1n) is 10.9. The largest absolute Gasteiger partial charge is 0.372 e. The molecule has 2 heterocycles.